The first-order valence-corrected chi connectivity index (χ1v) is 10.5. The van der Waals surface area contributed by atoms with Gasteiger partial charge in [-0.15, -0.1) is 0 Å². The van der Waals surface area contributed by atoms with Gasteiger partial charge in [-0.1, -0.05) is 12.1 Å². The van der Waals surface area contributed by atoms with Crippen LogP contribution in [0.15, 0.2) is 24.3 Å². The number of piperidine rings is 1. The summed E-state index contributed by atoms with van der Waals surface area (Å²) in [6, 6.07) is 6.08. The van der Waals surface area contributed by atoms with Crippen LogP contribution in [0.3, 0.4) is 0 Å². The summed E-state index contributed by atoms with van der Waals surface area (Å²) in [5.74, 6) is -0.235. The number of nitrogens with zero attached hydrogens (tertiary/aromatic N) is 1. The predicted octanol–water partition coefficient (Wildman–Crippen LogP) is 1.38. The first kappa shape index (κ1) is 18.3. The van der Waals surface area contributed by atoms with E-state index in [2.05, 4.69) is 10.2 Å². The van der Waals surface area contributed by atoms with Gasteiger partial charge in [0.05, 0.1) is 16.9 Å². The van der Waals surface area contributed by atoms with Crippen molar-refractivity contribution in [3.05, 3.63) is 35.6 Å². The van der Waals surface area contributed by atoms with Crippen LogP contribution in [0.4, 0.5) is 4.39 Å². The van der Waals surface area contributed by atoms with Crippen molar-refractivity contribution in [3.8, 4) is 0 Å². The van der Waals surface area contributed by atoms with E-state index < -0.39 is 15.3 Å². The van der Waals surface area contributed by atoms with Gasteiger partial charge < -0.3 is 10.2 Å². The van der Waals surface area contributed by atoms with Crippen LogP contribution in [0.5, 0.6) is 0 Å². The zero-order valence-electron chi connectivity index (χ0n) is 14.5. The standard InChI is InChI=1S/C18H25FN2O3S/c1-21-8-6-18(7-9-21,12-14-3-2-4-15(19)11-14)17(22)20-16-5-10-25(23,24)13-16/h2-4,11,16H,5-10,12-13H2,1H3,(H,20,22). The first-order chi connectivity index (χ1) is 11.8. The fourth-order valence-electron chi connectivity index (χ4n) is 3.82. The molecule has 1 atom stereocenters. The molecule has 2 saturated heterocycles. The lowest BCUT2D eigenvalue weighted by atomic mass is 9.73. The maximum absolute atomic E-state index is 13.5. The lowest BCUT2D eigenvalue weighted by Crippen LogP contribution is -2.51. The Hall–Kier alpha value is -1.47. The minimum absolute atomic E-state index is 0.0225. The minimum Gasteiger partial charge on any atom is -0.352 e. The number of halogens is 1. The van der Waals surface area contributed by atoms with Crippen LogP contribution in [-0.4, -0.2) is 56.9 Å². The van der Waals surface area contributed by atoms with E-state index in [4.69, 9.17) is 0 Å². The van der Waals surface area contributed by atoms with Crippen LogP contribution in [-0.2, 0) is 21.1 Å². The van der Waals surface area contributed by atoms with E-state index in [1.165, 1.54) is 12.1 Å². The predicted molar refractivity (Wildman–Crippen MR) is 94.5 cm³/mol. The van der Waals surface area contributed by atoms with Gasteiger partial charge >= 0.3 is 0 Å². The molecule has 0 saturated carbocycles. The number of hydrogen-bond donors (Lipinski definition) is 1. The van der Waals surface area contributed by atoms with E-state index in [0.717, 1.165) is 18.7 Å². The van der Waals surface area contributed by atoms with E-state index in [1.54, 1.807) is 6.07 Å². The van der Waals surface area contributed by atoms with E-state index in [0.29, 0.717) is 25.7 Å². The summed E-state index contributed by atoms with van der Waals surface area (Å²) in [7, 11) is -1.02. The summed E-state index contributed by atoms with van der Waals surface area (Å²) >= 11 is 0. The van der Waals surface area contributed by atoms with Crippen LogP contribution in [0.25, 0.3) is 0 Å². The van der Waals surface area contributed by atoms with Crippen molar-refractivity contribution >= 4 is 15.7 Å². The highest BCUT2D eigenvalue weighted by Gasteiger charge is 2.42. The average molecular weight is 368 g/mol. The molecule has 5 nitrogen and oxygen atoms in total. The summed E-state index contributed by atoms with van der Waals surface area (Å²) < 4.78 is 36.8. The lowest BCUT2D eigenvalue weighted by Gasteiger charge is -2.40. The molecular formula is C18H25FN2O3S. The second kappa shape index (κ2) is 7.03. The van der Waals surface area contributed by atoms with Crippen LogP contribution < -0.4 is 5.32 Å². The smallest absolute Gasteiger partial charge is 0.226 e. The Morgan fingerprint density at radius 2 is 2.08 bits per heavy atom. The number of carbonyl (C=O) groups is 1. The van der Waals surface area contributed by atoms with E-state index in [-0.39, 0.29) is 29.3 Å². The minimum atomic E-state index is -3.04. The Balaban J connectivity index is 1.77. The molecule has 7 heteroatoms. The SMILES string of the molecule is CN1CCC(Cc2cccc(F)c2)(C(=O)NC2CCS(=O)(=O)C2)CC1. The number of benzene rings is 1. The van der Waals surface area contributed by atoms with E-state index in [1.807, 2.05) is 13.1 Å². The number of nitrogens with one attached hydrogen (secondary N) is 1. The summed E-state index contributed by atoms with van der Waals surface area (Å²) in [6.45, 7) is 1.59. The van der Waals surface area contributed by atoms with Crippen LogP contribution in [0, 0.1) is 11.2 Å². The molecule has 0 aromatic heterocycles. The number of amides is 1. The van der Waals surface area contributed by atoms with Gasteiger partial charge in [0, 0.05) is 6.04 Å². The molecule has 2 heterocycles. The Bertz CT molecular complexity index is 742. The zero-order chi connectivity index (χ0) is 18.1. The Morgan fingerprint density at radius 1 is 1.36 bits per heavy atom. The van der Waals surface area contributed by atoms with Crippen LogP contribution in [0.1, 0.15) is 24.8 Å². The fraction of sp³-hybridized carbons (Fsp3) is 0.611. The summed E-state index contributed by atoms with van der Waals surface area (Å²) in [4.78, 5) is 15.2. The molecular weight excluding hydrogens is 343 g/mol. The van der Waals surface area contributed by atoms with E-state index >= 15 is 0 Å². The maximum Gasteiger partial charge on any atom is 0.226 e. The van der Waals surface area contributed by atoms with Gasteiger partial charge in [0.2, 0.25) is 5.91 Å². The van der Waals surface area contributed by atoms with Crippen molar-refractivity contribution in [2.24, 2.45) is 5.41 Å². The quantitative estimate of drug-likeness (QED) is 0.872. The van der Waals surface area contributed by atoms with Gasteiger partial charge in [-0.2, -0.15) is 0 Å². The number of carbonyl (C=O) groups excluding carboxylic acids is 1. The van der Waals surface area contributed by atoms with Gasteiger partial charge in [-0.25, -0.2) is 12.8 Å². The number of sulfone groups is 1. The molecule has 0 spiro atoms. The summed E-state index contributed by atoms with van der Waals surface area (Å²) in [5, 5.41) is 2.96. The molecule has 1 unspecified atom stereocenters. The molecule has 1 aromatic carbocycles. The molecule has 0 bridgehead atoms. The Labute approximate surface area is 148 Å². The molecule has 2 fully saturated rings. The Morgan fingerprint density at radius 3 is 2.68 bits per heavy atom. The molecule has 3 rings (SSSR count). The third-order valence-electron chi connectivity index (χ3n) is 5.43. The molecule has 1 amide bonds. The third kappa shape index (κ3) is 4.39. The fourth-order valence-corrected chi connectivity index (χ4v) is 5.49. The van der Waals surface area contributed by atoms with Crippen molar-refractivity contribution in [3.63, 3.8) is 0 Å². The average Bonchev–Trinajstić information content (AvgIpc) is 2.88. The van der Waals surface area contributed by atoms with E-state index in [9.17, 15) is 17.6 Å². The van der Waals surface area contributed by atoms with Crippen LogP contribution in [0.2, 0.25) is 0 Å². The molecule has 138 valence electrons. The second-order valence-corrected chi connectivity index (χ2v) is 9.69. The van der Waals surface area contributed by atoms with Crippen molar-refractivity contribution in [2.45, 2.75) is 31.7 Å². The van der Waals surface area contributed by atoms with Crippen molar-refractivity contribution in [1.29, 1.82) is 0 Å². The normalized spacial score (nSPS) is 25.6. The summed E-state index contributed by atoms with van der Waals surface area (Å²) in [6.07, 6.45) is 2.32. The van der Waals surface area contributed by atoms with Crippen molar-refractivity contribution < 1.29 is 17.6 Å². The van der Waals surface area contributed by atoms with Gasteiger partial charge in [0.15, 0.2) is 9.84 Å². The zero-order valence-corrected chi connectivity index (χ0v) is 15.3. The number of likely N-dealkylation sites (tertiary alicyclic amines) is 1. The molecule has 25 heavy (non-hydrogen) atoms. The van der Waals surface area contributed by atoms with Gasteiger partial charge in [0.1, 0.15) is 5.82 Å². The molecule has 2 aliphatic rings. The second-order valence-electron chi connectivity index (χ2n) is 7.46. The monoisotopic (exact) mass is 368 g/mol. The topological polar surface area (TPSA) is 66.5 Å². The highest BCUT2D eigenvalue weighted by Crippen LogP contribution is 2.36. The molecule has 0 radical (unpaired) electrons. The maximum atomic E-state index is 13.5. The molecule has 2 aliphatic heterocycles. The molecule has 0 aliphatic carbocycles. The summed E-state index contributed by atoms with van der Waals surface area (Å²) in [5.41, 5.74) is 0.200. The molecule has 1 N–H and O–H groups in total. The van der Waals surface area contributed by atoms with Gasteiger partial charge in [-0.3, -0.25) is 4.79 Å². The number of hydrogen-bond acceptors (Lipinski definition) is 4. The highest BCUT2D eigenvalue weighted by atomic mass is 32.2. The van der Waals surface area contributed by atoms with Crippen molar-refractivity contribution in [1.82, 2.24) is 10.2 Å². The first-order valence-electron chi connectivity index (χ1n) is 8.72. The van der Waals surface area contributed by atoms with Crippen LogP contribution >= 0.6 is 0 Å². The highest BCUT2D eigenvalue weighted by molar-refractivity contribution is 7.91. The number of rotatable bonds is 4. The van der Waals surface area contributed by atoms with Gasteiger partial charge in [0.25, 0.3) is 0 Å². The van der Waals surface area contributed by atoms with Crippen molar-refractivity contribution in [2.75, 3.05) is 31.6 Å². The Kier molecular flexibility index (Phi) is 5.16. The molecule has 1 aromatic rings. The largest absolute Gasteiger partial charge is 0.352 e. The lowest BCUT2D eigenvalue weighted by molar-refractivity contribution is -0.134. The van der Waals surface area contributed by atoms with Gasteiger partial charge in [-0.05, 0) is 63.5 Å². The third-order valence-corrected chi connectivity index (χ3v) is 7.19.